The minimum absolute atomic E-state index is 0.0733. The maximum absolute atomic E-state index is 11.6. The van der Waals surface area contributed by atoms with Gasteiger partial charge in [-0.1, -0.05) is 36.4 Å². The van der Waals surface area contributed by atoms with Gasteiger partial charge in [-0.3, -0.25) is 9.59 Å². The largest absolute Gasteiger partial charge is 0.393 e. The smallest absolute Gasteiger partial charge is 0.254 e. The second-order valence-corrected chi connectivity index (χ2v) is 9.60. The number of carbonyl (C=O) groups excluding carboxylic acids is 2. The quantitative estimate of drug-likeness (QED) is 0.621. The van der Waals surface area contributed by atoms with Crippen LogP contribution in [0.15, 0.2) is 48.5 Å². The van der Waals surface area contributed by atoms with E-state index in [0.29, 0.717) is 24.5 Å². The van der Waals surface area contributed by atoms with Gasteiger partial charge in [0.05, 0.1) is 17.9 Å². The van der Waals surface area contributed by atoms with Gasteiger partial charge in [-0.25, -0.2) is 0 Å². The van der Waals surface area contributed by atoms with Gasteiger partial charge in [0.2, 0.25) is 5.91 Å². The molecule has 1 spiro atoms. The number of nitrogens with zero attached hydrogens (tertiary/aromatic N) is 3. The van der Waals surface area contributed by atoms with Crippen molar-refractivity contribution in [3.8, 4) is 6.07 Å². The number of hydrogen-bond acceptors (Lipinski definition) is 6. The Bertz CT molecular complexity index is 1100. The van der Waals surface area contributed by atoms with Crippen molar-refractivity contribution in [1.82, 2.24) is 10.2 Å². The number of para-hydroxylation sites is 1. The highest BCUT2D eigenvalue weighted by Crippen LogP contribution is 2.54. The predicted molar refractivity (Wildman–Crippen MR) is 131 cm³/mol. The highest BCUT2D eigenvalue weighted by atomic mass is 16.3. The Labute approximate surface area is 205 Å². The second kappa shape index (κ2) is 10.5. The van der Waals surface area contributed by atoms with Crippen LogP contribution in [0, 0.1) is 16.7 Å². The molecule has 0 radical (unpaired) electrons. The number of piperidine rings is 1. The summed E-state index contributed by atoms with van der Waals surface area (Å²) in [6.45, 7) is 4.04. The van der Waals surface area contributed by atoms with E-state index in [1.807, 2.05) is 48.5 Å². The van der Waals surface area contributed by atoms with Gasteiger partial charge >= 0.3 is 0 Å². The highest BCUT2D eigenvalue weighted by Gasteiger charge is 2.55. The van der Waals surface area contributed by atoms with Crippen LogP contribution in [0.1, 0.15) is 42.9 Å². The number of benzene rings is 2. The first-order valence-electron chi connectivity index (χ1n) is 12.0. The number of aliphatic hydroxyl groups is 2. The van der Waals surface area contributed by atoms with Crippen LogP contribution < -0.4 is 10.2 Å². The first kappa shape index (κ1) is 24.7. The van der Waals surface area contributed by atoms with Crippen LogP contribution in [0.5, 0.6) is 0 Å². The fourth-order valence-corrected chi connectivity index (χ4v) is 5.16. The van der Waals surface area contributed by atoms with Gasteiger partial charge < -0.3 is 25.3 Å². The molecule has 1 saturated carbocycles. The molecule has 2 aromatic rings. The van der Waals surface area contributed by atoms with Crippen LogP contribution in [-0.4, -0.2) is 58.8 Å². The fraction of sp³-hybridized carbons (Fsp3) is 0.444. The average Bonchev–Trinajstić information content (AvgIpc) is 3.33. The van der Waals surface area contributed by atoms with Gasteiger partial charge in [-0.2, -0.15) is 5.26 Å². The number of aliphatic hydroxyl groups excluding tert-OH is 2. The van der Waals surface area contributed by atoms with E-state index in [1.165, 1.54) is 0 Å². The van der Waals surface area contributed by atoms with Crippen molar-refractivity contribution in [3.63, 3.8) is 0 Å². The Hall–Kier alpha value is -3.41. The Morgan fingerprint density at radius 1 is 1.11 bits per heavy atom. The molecule has 1 saturated heterocycles. The Balaban J connectivity index is 0.000000172. The zero-order valence-electron chi connectivity index (χ0n) is 20.0. The topological polar surface area (TPSA) is 117 Å². The lowest BCUT2D eigenvalue weighted by molar-refractivity contribution is -0.142. The molecule has 2 aliphatic heterocycles. The van der Waals surface area contributed by atoms with E-state index in [0.717, 1.165) is 54.7 Å². The molecule has 2 amide bonds. The molecule has 2 heterocycles. The predicted octanol–water partition coefficient (Wildman–Crippen LogP) is 1.94. The molecule has 2 aromatic carbocycles. The summed E-state index contributed by atoms with van der Waals surface area (Å²) in [5, 5.41) is 30.1. The third kappa shape index (κ3) is 5.47. The summed E-state index contributed by atoms with van der Waals surface area (Å²) < 4.78 is 0. The maximum atomic E-state index is 11.6. The minimum Gasteiger partial charge on any atom is -0.393 e. The number of carbonyl (C=O) groups is 2. The van der Waals surface area contributed by atoms with E-state index in [-0.39, 0.29) is 5.91 Å². The fourth-order valence-electron chi connectivity index (χ4n) is 5.16. The average molecular weight is 477 g/mol. The molecule has 1 aliphatic carbocycles. The number of fused-ring (bicyclic) bond motifs is 1. The molecular weight excluding hydrogens is 444 g/mol. The Kier molecular flexibility index (Phi) is 7.39. The molecular formula is C27H32N4O4. The van der Waals surface area contributed by atoms with Gasteiger partial charge in [-0.05, 0) is 47.9 Å². The number of anilines is 1. The lowest BCUT2D eigenvalue weighted by Crippen LogP contribution is -2.38. The number of nitriles is 1. The van der Waals surface area contributed by atoms with Crippen molar-refractivity contribution in [2.24, 2.45) is 5.41 Å². The van der Waals surface area contributed by atoms with E-state index in [2.05, 4.69) is 16.3 Å². The Morgan fingerprint density at radius 3 is 2.29 bits per heavy atom. The zero-order valence-corrected chi connectivity index (χ0v) is 20.0. The number of nitrogens with one attached hydrogen (secondary N) is 1. The second-order valence-electron chi connectivity index (χ2n) is 9.60. The summed E-state index contributed by atoms with van der Waals surface area (Å²) in [4.78, 5) is 26.5. The standard InChI is InChI=1S/C16H19N3O.C11H13NO3/c1-12(20)18-15-10-16(15)6-8-19(9-7-16)14-5-3-2-4-13(14)11-17;13-7-10(14)11(15)12-5-8-3-1-2-4-9(8)6-12/h2-5,15H,6-10H2,1H3,(H,18,20);1-4,10,13-14H,5-7H2/t;10-/m.1/s1. The van der Waals surface area contributed by atoms with Crippen LogP contribution in [0.2, 0.25) is 0 Å². The van der Waals surface area contributed by atoms with Crippen LogP contribution in [0.25, 0.3) is 0 Å². The van der Waals surface area contributed by atoms with E-state index >= 15 is 0 Å². The highest BCUT2D eigenvalue weighted by molar-refractivity contribution is 5.81. The summed E-state index contributed by atoms with van der Waals surface area (Å²) in [6, 6.07) is 18.2. The lowest BCUT2D eigenvalue weighted by atomic mass is 9.92. The van der Waals surface area contributed by atoms with E-state index in [9.17, 15) is 20.0 Å². The molecule has 5 rings (SSSR count). The third-order valence-electron chi connectivity index (χ3n) is 7.30. The van der Waals surface area contributed by atoms with Gasteiger partial charge in [-0.15, -0.1) is 0 Å². The molecule has 2 fully saturated rings. The van der Waals surface area contributed by atoms with Crippen LogP contribution in [0.4, 0.5) is 5.69 Å². The zero-order chi connectivity index (χ0) is 25.0. The van der Waals surface area contributed by atoms with Crippen molar-refractivity contribution in [1.29, 1.82) is 5.26 Å². The number of hydrogen-bond donors (Lipinski definition) is 3. The molecule has 3 N–H and O–H groups in total. The maximum Gasteiger partial charge on any atom is 0.254 e. The van der Waals surface area contributed by atoms with Crippen molar-refractivity contribution < 1.29 is 19.8 Å². The molecule has 3 aliphatic rings. The third-order valence-corrected chi connectivity index (χ3v) is 7.30. The summed E-state index contributed by atoms with van der Waals surface area (Å²) in [6.07, 6.45) is 2.01. The first-order chi connectivity index (χ1) is 16.9. The summed E-state index contributed by atoms with van der Waals surface area (Å²) in [7, 11) is 0. The monoisotopic (exact) mass is 476 g/mol. The van der Waals surface area contributed by atoms with E-state index in [1.54, 1.807) is 11.8 Å². The van der Waals surface area contributed by atoms with Crippen LogP contribution >= 0.6 is 0 Å². The Morgan fingerprint density at radius 2 is 1.71 bits per heavy atom. The van der Waals surface area contributed by atoms with E-state index < -0.39 is 18.6 Å². The molecule has 35 heavy (non-hydrogen) atoms. The molecule has 0 bridgehead atoms. The molecule has 1 unspecified atom stereocenters. The van der Waals surface area contributed by atoms with Crippen LogP contribution in [0.3, 0.4) is 0 Å². The van der Waals surface area contributed by atoms with Crippen molar-refractivity contribution >= 4 is 17.5 Å². The summed E-state index contributed by atoms with van der Waals surface area (Å²) in [5.74, 6) is -0.335. The molecule has 8 heteroatoms. The van der Waals surface area contributed by atoms with Crippen molar-refractivity contribution in [3.05, 3.63) is 65.2 Å². The molecule has 184 valence electrons. The van der Waals surface area contributed by atoms with Gasteiger partial charge in [0.1, 0.15) is 6.07 Å². The van der Waals surface area contributed by atoms with Crippen LogP contribution in [-0.2, 0) is 22.7 Å². The SMILES string of the molecule is CC(=O)NC1CC12CCN(c1ccccc1C#N)CC2.O=C([C@H](O)CO)N1Cc2ccccc2C1. The van der Waals surface area contributed by atoms with E-state index in [4.69, 9.17) is 5.11 Å². The lowest BCUT2D eigenvalue weighted by Gasteiger charge is -2.35. The first-order valence-corrected chi connectivity index (χ1v) is 12.0. The van der Waals surface area contributed by atoms with Gasteiger partial charge in [0, 0.05) is 39.1 Å². The van der Waals surface area contributed by atoms with Crippen molar-refractivity contribution in [2.45, 2.75) is 51.4 Å². The van der Waals surface area contributed by atoms with Crippen molar-refractivity contribution in [2.75, 3.05) is 24.6 Å². The summed E-state index contributed by atoms with van der Waals surface area (Å²) in [5.41, 5.74) is 4.33. The molecule has 8 nitrogen and oxygen atoms in total. The van der Waals surface area contributed by atoms with Gasteiger partial charge in [0.15, 0.2) is 6.10 Å². The van der Waals surface area contributed by atoms with Gasteiger partial charge in [0.25, 0.3) is 5.91 Å². The number of amides is 2. The summed E-state index contributed by atoms with van der Waals surface area (Å²) >= 11 is 0. The normalized spacial score (nSPS) is 20.2. The molecule has 0 aromatic heterocycles. The minimum atomic E-state index is -1.29. The molecule has 2 atom stereocenters. The number of rotatable bonds is 4.